The smallest absolute Gasteiger partial charge is 0.160 e. The van der Waals surface area contributed by atoms with Gasteiger partial charge in [0.2, 0.25) is 0 Å². The van der Waals surface area contributed by atoms with Crippen LogP contribution in [0.25, 0.3) is 213 Å². The van der Waals surface area contributed by atoms with Gasteiger partial charge in [-0.15, -0.1) is 0 Å². The van der Waals surface area contributed by atoms with E-state index in [2.05, 4.69) is 326 Å². The van der Waals surface area contributed by atoms with Gasteiger partial charge < -0.3 is 0 Å². The first-order chi connectivity index (χ1) is 64.4. The number of nitrogens with zero attached hydrogens (tertiary/aromatic N) is 12. The number of aromatic nitrogens is 12. The molecule has 22 aromatic rings. The monoisotopic (exact) mass is 1660 g/mol. The molecule has 0 spiro atoms. The maximum atomic E-state index is 5.21. The molecule has 0 aliphatic carbocycles. The van der Waals surface area contributed by atoms with Crippen molar-refractivity contribution in [1.82, 2.24) is 59.8 Å². The van der Waals surface area contributed by atoms with Crippen molar-refractivity contribution in [1.29, 1.82) is 0 Å². The molecule has 10 heterocycles. The Morgan fingerprint density at radius 3 is 0.885 bits per heavy atom. The average molecular weight is 1670 g/mol. The zero-order valence-corrected chi connectivity index (χ0v) is 70.6. The third kappa shape index (κ3) is 18.7. The molecule has 12 heteroatoms. The van der Waals surface area contributed by atoms with Crippen LogP contribution in [0.5, 0.6) is 0 Å². The molecule has 0 aliphatic rings. The zero-order chi connectivity index (χ0) is 87.0. The van der Waals surface area contributed by atoms with E-state index >= 15 is 0 Å². The molecule has 0 saturated carbocycles. The largest absolute Gasteiger partial charge is 0.265 e. The lowest BCUT2D eigenvalue weighted by molar-refractivity contribution is 1.18. The summed E-state index contributed by atoms with van der Waals surface area (Å²) in [4.78, 5) is 57.0. The molecule has 0 amide bonds. The molecule has 612 valence electrons. The van der Waals surface area contributed by atoms with E-state index in [1.54, 1.807) is 6.20 Å². The van der Waals surface area contributed by atoms with E-state index in [-0.39, 0.29) is 0 Å². The first kappa shape index (κ1) is 80.7. The van der Waals surface area contributed by atoms with Gasteiger partial charge in [0.1, 0.15) is 0 Å². The Morgan fingerprint density at radius 2 is 0.431 bits per heavy atom. The maximum Gasteiger partial charge on any atom is 0.160 e. The number of hydrogen-bond acceptors (Lipinski definition) is 12. The lowest BCUT2D eigenvalue weighted by Crippen LogP contribution is -1.97. The Morgan fingerprint density at radius 1 is 0.131 bits per heavy atom. The molecule has 12 nitrogen and oxygen atoms in total. The molecule has 0 N–H and O–H groups in total. The van der Waals surface area contributed by atoms with Crippen molar-refractivity contribution < 1.29 is 0 Å². The SMILES string of the molecule is c1ccc(-c2ccc(-c3cc(-c4cccc(-c5ccccn5)c4)nc(-c4cccc(-c5ccccn5)c4)n3)cc2)nc1.c1ccc(-c2cccc(-c3cc(-c4ccc(-c5ccccn5)cc4)nc(-c4cccc(-c5ccccc5)c4)n3)c2)cc1.c1ccc(-c2cncc(-c3cc(-c4ccc(-c5cccc6ncccc56)cc4)cc(-c4cccc(-c5ccncc5)c4)n3)c2)cc1. The van der Waals surface area contributed by atoms with Crippen molar-refractivity contribution >= 4 is 10.9 Å². The summed E-state index contributed by atoms with van der Waals surface area (Å²) in [5.74, 6) is 1.34. The molecule has 0 bridgehead atoms. The van der Waals surface area contributed by atoms with Gasteiger partial charge in [-0.05, 0) is 195 Å². The van der Waals surface area contributed by atoms with Crippen LogP contribution in [0.3, 0.4) is 0 Å². The Kier molecular flexibility index (Phi) is 23.7. The van der Waals surface area contributed by atoms with Crippen molar-refractivity contribution in [2.75, 3.05) is 0 Å². The van der Waals surface area contributed by atoms with Crippen molar-refractivity contribution in [3.05, 3.63) is 486 Å². The summed E-state index contributed by atoms with van der Waals surface area (Å²) in [7, 11) is 0. The first-order valence-corrected chi connectivity index (χ1v) is 43.0. The highest BCUT2D eigenvalue weighted by Gasteiger charge is 2.19. The van der Waals surface area contributed by atoms with Crippen molar-refractivity contribution in [3.8, 4) is 202 Å². The number of rotatable bonds is 18. The van der Waals surface area contributed by atoms with Crippen LogP contribution < -0.4 is 0 Å². The molecule has 10 aromatic heterocycles. The highest BCUT2D eigenvalue weighted by molar-refractivity contribution is 5.95. The lowest BCUT2D eigenvalue weighted by atomic mass is 9.95. The number of hydrogen-bond donors (Lipinski definition) is 0. The van der Waals surface area contributed by atoms with Crippen LogP contribution >= 0.6 is 0 Å². The fourth-order valence-corrected chi connectivity index (χ4v) is 16.1. The second-order valence-electron chi connectivity index (χ2n) is 31.2. The van der Waals surface area contributed by atoms with Gasteiger partial charge in [-0.25, -0.2) is 24.9 Å². The highest BCUT2D eigenvalue weighted by Crippen LogP contribution is 2.40. The van der Waals surface area contributed by atoms with Crippen LogP contribution in [0.2, 0.25) is 0 Å². The summed E-state index contributed by atoms with van der Waals surface area (Å²) in [5.41, 5.74) is 35.6. The highest BCUT2D eigenvalue weighted by atomic mass is 14.9. The molecule has 22 rings (SSSR count). The van der Waals surface area contributed by atoms with Gasteiger partial charge in [0.25, 0.3) is 0 Å². The summed E-state index contributed by atoms with van der Waals surface area (Å²) >= 11 is 0. The van der Waals surface area contributed by atoms with Crippen molar-refractivity contribution in [2.45, 2.75) is 0 Å². The predicted octanol–water partition coefficient (Wildman–Crippen LogP) is 29.0. The van der Waals surface area contributed by atoms with Crippen LogP contribution in [0.4, 0.5) is 0 Å². The van der Waals surface area contributed by atoms with E-state index < -0.39 is 0 Å². The molecule has 12 aromatic carbocycles. The van der Waals surface area contributed by atoms with Crippen LogP contribution in [-0.2, 0) is 0 Å². The fraction of sp³-hybridized carbons (Fsp3) is 0. The van der Waals surface area contributed by atoms with E-state index in [1.807, 2.05) is 189 Å². The summed E-state index contributed by atoms with van der Waals surface area (Å²) < 4.78 is 0. The Labute approximate surface area is 754 Å². The number of benzene rings is 12. The molecule has 0 fully saturated rings. The number of pyridine rings is 8. The Hall–Kier alpha value is -17.7. The molecule has 0 aliphatic heterocycles. The molecule has 0 unspecified atom stereocenters. The van der Waals surface area contributed by atoms with E-state index in [0.29, 0.717) is 11.6 Å². The third-order valence-electron chi connectivity index (χ3n) is 22.7. The summed E-state index contributed by atoms with van der Waals surface area (Å²) in [5, 5.41) is 1.14. The van der Waals surface area contributed by atoms with Gasteiger partial charge in [0.15, 0.2) is 11.6 Å². The van der Waals surface area contributed by atoms with E-state index in [0.717, 1.165) is 190 Å². The lowest BCUT2D eigenvalue weighted by Gasteiger charge is -2.13. The fourth-order valence-electron chi connectivity index (χ4n) is 16.1. The summed E-state index contributed by atoms with van der Waals surface area (Å²) in [6.07, 6.45) is 16.5. The molecular formula is C118H80N12. The van der Waals surface area contributed by atoms with Crippen LogP contribution in [0, 0.1) is 0 Å². The first-order valence-electron chi connectivity index (χ1n) is 43.0. The van der Waals surface area contributed by atoms with Gasteiger partial charge >= 0.3 is 0 Å². The topological polar surface area (TPSA) is 155 Å². The second-order valence-corrected chi connectivity index (χ2v) is 31.2. The van der Waals surface area contributed by atoms with E-state index in [4.69, 9.17) is 24.9 Å². The number of fused-ring (bicyclic) bond motifs is 1. The molecular weight excluding hydrogens is 1590 g/mol. The second kappa shape index (κ2) is 38.2. The minimum Gasteiger partial charge on any atom is -0.265 e. The summed E-state index contributed by atoms with van der Waals surface area (Å²) in [6, 6.07) is 148. The van der Waals surface area contributed by atoms with E-state index in [1.165, 1.54) is 11.1 Å². The minimum atomic E-state index is 0.650. The van der Waals surface area contributed by atoms with Gasteiger partial charge in [-0.3, -0.25) is 34.9 Å². The Balaban J connectivity index is 0.000000122. The van der Waals surface area contributed by atoms with Gasteiger partial charge in [-0.1, -0.05) is 297 Å². The Bertz CT molecular complexity index is 7050. The normalized spacial score (nSPS) is 10.9. The van der Waals surface area contributed by atoms with Crippen LogP contribution in [0.1, 0.15) is 0 Å². The predicted molar refractivity (Wildman–Crippen MR) is 528 cm³/mol. The zero-order valence-electron chi connectivity index (χ0n) is 70.6. The third-order valence-corrected chi connectivity index (χ3v) is 22.7. The van der Waals surface area contributed by atoms with E-state index in [9.17, 15) is 0 Å². The quantitative estimate of drug-likeness (QED) is 0.0803. The van der Waals surface area contributed by atoms with Crippen molar-refractivity contribution in [2.24, 2.45) is 0 Å². The average Bonchev–Trinajstić information content (AvgIpc) is 0.802. The van der Waals surface area contributed by atoms with Gasteiger partial charge in [-0.2, -0.15) is 0 Å². The van der Waals surface area contributed by atoms with Gasteiger partial charge in [0, 0.05) is 133 Å². The summed E-state index contributed by atoms with van der Waals surface area (Å²) in [6.45, 7) is 0. The van der Waals surface area contributed by atoms with Gasteiger partial charge in [0.05, 0.1) is 62.5 Å². The standard InChI is InChI=1S/C42H28N4.C39H27N3.C37H25N5/c1-2-7-29(8-3-1)36-24-37(28-44-27-36)42-26-35(25-41(46-42)34-10-4-9-33(23-34)31-18-21-43-22-19-31)30-14-16-32(17-15-30)38-11-5-13-40-39(38)12-6-20-45-40;1-3-11-28(12-4-1)32-15-9-17-34(25-32)38-27-37(31-22-20-30(21-23-31)36-19-7-8-24-40-36)41-39(42-38)35-18-10-16-33(26-35)29-13-5-2-6-14-29;1-4-20-38-32(13-1)26-16-18-27(19-17-26)35-25-36(30-11-7-9-28(23-30)33-14-2-5-21-39-33)42-37(41-35)31-12-8-10-29(24-31)34-15-3-6-22-40-34/h1-28H;1-27H;1-25H. The minimum absolute atomic E-state index is 0.650. The van der Waals surface area contributed by atoms with Crippen molar-refractivity contribution in [3.63, 3.8) is 0 Å². The molecule has 0 saturated heterocycles. The van der Waals surface area contributed by atoms with Crippen LogP contribution in [-0.4, -0.2) is 59.8 Å². The molecule has 0 radical (unpaired) electrons. The van der Waals surface area contributed by atoms with Crippen LogP contribution in [0.15, 0.2) is 486 Å². The molecule has 130 heavy (non-hydrogen) atoms. The maximum absolute atomic E-state index is 5.21. The molecule has 0 atom stereocenters.